The van der Waals surface area contributed by atoms with E-state index in [1.165, 1.54) is 12.0 Å². The third kappa shape index (κ3) is 4.62. The van der Waals surface area contributed by atoms with E-state index >= 15 is 0 Å². The van der Waals surface area contributed by atoms with Crippen molar-refractivity contribution in [3.8, 4) is 0 Å². The molecule has 1 amide bonds. The van der Waals surface area contributed by atoms with Crippen molar-refractivity contribution < 1.29 is 4.79 Å². The second-order valence-electron chi connectivity index (χ2n) is 5.70. The van der Waals surface area contributed by atoms with Crippen LogP contribution in [0.2, 0.25) is 0 Å². The summed E-state index contributed by atoms with van der Waals surface area (Å²) in [7, 11) is 3.61. The Balaban J connectivity index is 1.66. The normalized spacial score (nSPS) is 19.2. The molecule has 1 fully saturated rings. The Morgan fingerprint density at radius 3 is 2.80 bits per heavy atom. The van der Waals surface area contributed by atoms with Crippen LogP contribution >= 0.6 is 0 Å². The van der Waals surface area contributed by atoms with E-state index in [1.54, 1.807) is 19.0 Å². The summed E-state index contributed by atoms with van der Waals surface area (Å²) in [6, 6.07) is 11.1. The van der Waals surface area contributed by atoms with E-state index in [4.69, 9.17) is 0 Å². The largest absolute Gasteiger partial charge is 0.349 e. The molecule has 1 aliphatic heterocycles. The van der Waals surface area contributed by atoms with E-state index in [2.05, 4.69) is 40.5 Å². The summed E-state index contributed by atoms with van der Waals surface area (Å²) in [5.74, 6) is 0.191. The fourth-order valence-electron chi connectivity index (χ4n) is 2.59. The maximum Gasteiger partial charge on any atom is 0.223 e. The van der Waals surface area contributed by atoms with Gasteiger partial charge in [0.2, 0.25) is 5.91 Å². The molecule has 1 N–H and O–H groups in total. The van der Waals surface area contributed by atoms with E-state index in [0.29, 0.717) is 12.5 Å². The first-order chi connectivity index (χ1) is 9.65. The lowest BCUT2D eigenvalue weighted by Gasteiger charge is -2.17. The molecule has 1 unspecified atom stereocenters. The molecule has 0 aliphatic carbocycles. The van der Waals surface area contributed by atoms with Crippen molar-refractivity contribution in [1.29, 1.82) is 0 Å². The van der Waals surface area contributed by atoms with Gasteiger partial charge in [-0.2, -0.15) is 0 Å². The molecule has 1 heterocycles. The first-order valence-corrected chi connectivity index (χ1v) is 7.35. The quantitative estimate of drug-likeness (QED) is 0.851. The molecule has 1 aromatic carbocycles. The predicted octanol–water partition coefficient (Wildman–Crippen LogP) is 1.33. The minimum absolute atomic E-state index is 0.191. The van der Waals surface area contributed by atoms with Gasteiger partial charge in [-0.1, -0.05) is 30.3 Å². The van der Waals surface area contributed by atoms with Crippen molar-refractivity contribution >= 4 is 5.91 Å². The summed E-state index contributed by atoms with van der Waals surface area (Å²) in [6.45, 7) is 4.01. The number of carbonyl (C=O) groups is 1. The summed E-state index contributed by atoms with van der Waals surface area (Å²) >= 11 is 0. The Hall–Kier alpha value is -1.39. The second-order valence-corrected chi connectivity index (χ2v) is 5.70. The predicted molar refractivity (Wildman–Crippen MR) is 81.4 cm³/mol. The van der Waals surface area contributed by atoms with Gasteiger partial charge in [-0.05, 0) is 12.0 Å². The maximum atomic E-state index is 11.5. The molecule has 0 bridgehead atoms. The van der Waals surface area contributed by atoms with E-state index in [-0.39, 0.29) is 5.91 Å². The van der Waals surface area contributed by atoms with Crippen LogP contribution in [0, 0.1) is 0 Å². The Morgan fingerprint density at radius 2 is 2.10 bits per heavy atom. The van der Waals surface area contributed by atoms with Crippen LogP contribution in [0.15, 0.2) is 30.3 Å². The molecule has 0 radical (unpaired) electrons. The van der Waals surface area contributed by atoms with Crippen LogP contribution in [0.4, 0.5) is 0 Å². The van der Waals surface area contributed by atoms with E-state index in [1.807, 2.05) is 0 Å². The highest BCUT2D eigenvalue weighted by Crippen LogP contribution is 2.13. The van der Waals surface area contributed by atoms with Gasteiger partial charge < -0.3 is 10.2 Å². The van der Waals surface area contributed by atoms with Crippen molar-refractivity contribution in [2.75, 3.05) is 33.7 Å². The van der Waals surface area contributed by atoms with Crippen LogP contribution in [-0.2, 0) is 11.3 Å². The van der Waals surface area contributed by atoms with Gasteiger partial charge >= 0.3 is 0 Å². The van der Waals surface area contributed by atoms with Crippen LogP contribution in [0.3, 0.4) is 0 Å². The molecule has 2 rings (SSSR count). The van der Waals surface area contributed by atoms with Gasteiger partial charge in [0.25, 0.3) is 0 Å². The zero-order valence-corrected chi connectivity index (χ0v) is 12.5. The molecule has 1 aliphatic rings. The number of likely N-dealkylation sites (tertiary alicyclic amines) is 1. The zero-order valence-electron chi connectivity index (χ0n) is 12.5. The highest BCUT2D eigenvalue weighted by atomic mass is 16.2. The Kier molecular flexibility index (Phi) is 5.56. The van der Waals surface area contributed by atoms with Crippen LogP contribution in [0.1, 0.15) is 18.4 Å². The number of rotatable bonds is 6. The minimum atomic E-state index is 0.191. The van der Waals surface area contributed by atoms with Crippen molar-refractivity contribution in [3.05, 3.63) is 35.9 Å². The number of amides is 1. The van der Waals surface area contributed by atoms with Crippen LogP contribution < -0.4 is 5.32 Å². The smallest absolute Gasteiger partial charge is 0.223 e. The molecule has 4 nitrogen and oxygen atoms in total. The van der Waals surface area contributed by atoms with Gasteiger partial charge in [-0.15, -0.1) is 0 Å². The van der Waals surface area contributed by atoms with E-state index in [9.17, 15) is 4.79 Å². The summed E-state index contributed by atoms with van der Waals surface area (Å²) in [5.41, 5.74) is 1.37. The van der Waals surface area contributed by atoms with Gasteiger partial charge in [0.1, 0.15) is 0 Å². The average molecular weight is 275 g/mol. The van der Waals surface area contributed by atoms with E-state index < -0.39 is 0 Å². The van der Waals surface area contributed by atoms with Gasteiger partial charge in [0.05, 0.1) is 0 Å². The Morgan fingerprint density at radius 1 is 1.35 bits per heavy atom. The van der Waals surface area contributed by atoms with Gasteiger partial charge in [0, 0.05) is 52.7 Å². The highest BCUT2D eigenvalue weighted by molar-refractivity contribution is 5.75. The van der Waals surface area contributed by atoms with E-state index in [0.717, 1.165) is 26.2 Å². The molecule has 20 heavy (non-hydrogen) atoms. The third-order valence-electron chi connectivity index (χ3n) is 3.79. The van der Waals surface area contributed by atoms with Crippen molar-refractivity contribution in [3.63, 3.8) is 0 Å². The van der Waals surface area contributed by atoms with Crippen LogP contribution in [0.25, 0.3) is 0 Å². The summed E-state index contributed by atoms with van der Waals surface area (Å²) < 4.78 is 0. The van der Waals surface area contributed by atoms with Crippen LogP contribution in [0.5, 0.6) is 0 Å². The summed E-state index contributed by atoms with van der Waals surface area (Å²) in [5, 5.41) is 3.49. The Labute approximate surface area is 121 Å². The molecule has 110 valence electrons. The molecule has 1 atom stereocenters. The number of nitrogens with zero attached hydrogens (tertiary/aromatic N) is 2. The zero-order chi connectivity index (χ0) is 14.4. The molecule has 0 saturated carbocycles. The molecule has 4 heteroatoms. The molecular weight excluding hydrogens is 250 g/mol. The van der Waals surface area contributed by atoms with Gasteiger partial charge in [-0.25, -0.2) is 0 Å². The SMILES string of the molecule is CN(C)C(=O)CCNC1CCN(Cc2ccccc2)C1. The second kappa shape index (κ2) is 7.41. The number of nitrogens with one attached hydrogen (secondary N) is 1. The summed E-state index contributed by atoms with van der Waals surface area (Å²) in [4.78, 5) is 15.6. The molecule has 1 saturated heterocycles. The standard InChI is InChI=1S/C16H25N3O/c1-18(2)16(20)8-10-17-15-9-11-19(13-15)12-14-6-4-3-5-7-14/h3-7,15,17H,8-13H2,1-2H3. The minimum Gasteiger partial charge on any atom is -0.349 e. The summed E-state index contributed by atoms with van der Waals surface area (Å²) in [6.07, 6.45) is 1.76. The maximum absolute atomic E-state index is 11.5. The lowest BCUT2D eigenvalue weighted by Crippen LogP contribution is -2.35. The lowest BCUT2D eigenvalue weighted by atomic mass is 10.2. The monoisotopic (exact) mass is 275 g/mol. The van der Waals surface area contributed by atoms with Gasteiger partial charge in [0.15, 0.2) is 0 Å². The Bertz CT molecular complexity index is 419. The number of hydrogen-bond acceptors (Lipinski definition) is 3. The van der Waals surface area contributed by atoms with Crippen LogP contribution in [-0.4, -0.2) is 55.5 Å². The molecule has 1 aromatic rings. The first kappa shape index (κ1) is 15.0. The third-order valence-corrected chi connectivity index (χ3v) is 3.79. The number of carbonyl (C=O) groups excluding carboxylic acids is 1. The van der Waals surface area contributed by atoms with Crippen molar-refractivity contribution in [1.82, 2.24) is 15.1 Å². The first-order valence-electron chi connectivity index (χ1n) is 7.35. The van der Waals surface area contributed by atoms with Crippen molar-refractivity contribution in [2.45, 2.75) is 25.4 Å². The lowest BCUT2D eigenvalue weighted by molar-refractivity contribution is -0.128. The number of hydrogen-bond donors (Lipinski definition) is 1. The fraction of sp³-hybridized carbons (Fsp3) is 0.562. The highest BCUT2D eigenvalue weighted by Gasteiger charge is 2.21. The van der Waals surface area contributed by atoms with Crippen molar-refractivity contribution in [2.24, 2.45) is 0 Å². The average Bonchev–Trinajstić information content (AvgIpc) is 2.87. The molecule has 0 spiro atoms. The number of benzene rings is 1. The fourth-order valence-corrected chi connectivity index (χ4v) is 2.59. The topological polar surface area (TPSA) is 35.6 Å². The molecule has 0 aromatic heterocycles. The molecular formula is C16H25N3O. The van der Waals surface area contributed by atoms with Gasteiger partial charge in [-0.3, -0.25) is 9.69 Å².